The summed E-state index contributed by atoms with van der Waals surface area (Å²) in [6, 6.07) is 6.11. The number of hydrogen-bond acceptors (Lipinski definition) is 3. The second kappa shape index (κ2) is 6.02. The average molecular weight is 291 g/mol. The molecule has 1 saturated heterocycles. The van der Waals surface area contributed by atoms with Crippen molar-refractivity contribution in [1.82, 2.24) is 10.2 Å². The first kappa shape index (κ1) is 14.3. The van der Waals surface area contributed by atoms with Gasteiger partial charge in [0.2, 0.25) is 5.91 Å². The van der Waals surface area contributed by atoms with E-state index in [9.17, 15) is 9.18 Å². The van der Waals surface area contributed by atoms with Gasteiger partial charge in [0.1, 0.15) is 5.82 Å². The molecule has 0 radical (unpaired) electrons. The third-order valence-electron chi connectivity index (χ3n) is 4.25. The molecule has 0 aromatic heterocycles. The summed E-state index contributed by atoms with van der Waals surface area (Å²) < 4.78 is 14.3. The molecule has 2 aliphatic rings. The van der Waals surface area contributed by atoms with Gasteiger partial charge in [-0.3, -0.25) is 4.79 Å². The summed E-state index contributed by atoms with van der Waals surface area (Å²) in [5, 5.41) is 3.39. The van der Waals surface area contributed by atoms with E-state index in [0.29, 0.717) is 37.9 Å². The molecule has 1 aliphatic heterocycles. The normalized spacial score (nSPS) is 19.0. The summed E-state index contributed by atoms with van der Waals surface area (Å²) in [5.74, 6) is -0.0713. The SMILES string of the molecule is CC(=O)N1CCN(c2ccc(CNC3CC3)cc2F)CC1. The fraction of sp³-hybridized carbons (Fsp3) is 0.562. The van der Waals surface area contributed by atoms with Crippen molar-refractivity contribution in [3.05, 3.63) is 29.6 Å². The molecule has 0 atom stereocenters. The van der Waals surface area contributed by atoms with Crippen LogP contribution in [0.2, 0.25) is 0 Å². The predicted molar refractivity (Wildman–Crippen MR) is 80.7 cm³/mol. The van der Waals surface area contributed by atoms with Gasteiger partial charge in [-0.1, -0.05) is 6.07 Å². The van der Waals surface area contributed by atoms with E-state index in [4.69, 9.17) is 0 Å². The van der Waals surface area contributed by atoms with Crippen LogP contribution in [0.5, 0.6) is 0 Å². The van der Waals surface area contributed by atoms with Crippen molar-refractivity contribution in [2.45, 2.75) is 32.4 Å². The second-order valence-corrected chi connectivity index (χ2v) is 5.93. The van der Waals surface area contributed by atoms with Crippen molar-refractivity contribution in [1.29, 1.82) is 0 Å². The van der Waals surface area contributed by atoms with E-state index in [1.807, 2.05) is 21.9 Å². The largest absolute Gasteiger partial charge is 0.366 e. The van der Waals surface area contributed by atoms with Crippen LogP contribution >= 0.6 is 0 Å². The molecule has 1 aromatic rings. The lowest BCUT2D eigenvalue weighted by atomic mass is 10.1. The van der Waals surface area contributed by atoms with Gasteiger partial charge in [-0.05, 0) is 30.5 Å². The fourth-order valence-corrected chi connectivity index (χ4v) is 2.73. The summed E-state index contributed by atoms with van der Waals surface area (Å²) in [7, 11) is 0. The zero-order chi connectivity index (χ0) is 14.8. The third kappa shape index (κ3) is 3.53. The van der Waals surface area contributed by atoms with Gasteiger partial charge >= 0.3 is 0 Å². The number of carbonyl (C=O) groups is 1. The summed E-state index contributed by atoms with van der Waals surface area (Å²) >= 11 is 0. The molecule has 1 amide bonds. The summed E-state index contributed by atoms with van der Waals surface area (Å²) in [6.45, 7) is 5.03. The van der Waals surface area contributed by atoms with Gasteiger partial charge in [-0.25, -0.2) is 4.39 Å². The Bertz CT molecular complexity index is 522. The van der Waals surface area contributed by atoms with Gasteiger partial charge in [-0.15, -0.1) is 0 Å². The lowest BCUT2D eigenvalue weighted by molar-refractivity contribution is -0.129. The topological polar surface area (TPSA) is 35.6 Å². The van der Waals surface area contributed by atoms with Gasteiger partial charge < -0.3 is 15.1 Å². The Kier molecular flexibility index (Phi) is 4.10. The maximum atomic E-state index is 14.3. The van der Waals surface area contributed by atoms with Crippen molar-refractivity contribution < 1.29 is 9.18 Å². The molecule has 114 valence electrons. The molecule has 3 rings (SSSR count). The Morgan fingerprint density at radius 1 is 1.29 bits per heavy atom. The van der Waals surface area contributed by atoms with Crippen LogP contribution in [0.25, 0.3) is 0 Å². The second-order valence-electron chi connectivity index (χ2n) is 5.93. The van der Waals surface area contributed by atoms with Crippen molar-refractivity contribution in [3.8, 4) is 0 Å². The molecule has 4 nitrogen and oxygen atoms in total. The fourth-order valence-electron chi connectivity index (χ4n) is 2.73. The van der Waals surface area contributed by atoms with Gasteiger partial charge in [-0.2, -0.15) is 0 Å². The third-order valence-corrected chi connectivity index (χ3v) is 4.25. The minimum absolute atomic E-state index is 0.0941. The van der Waals surface area contributed by atoms with Crippen LogP contribution in [0.1, 0.15) is 25.3 Å². The molecule has 5 heteroatoms. The molecular weight excluding hydrogens is 269 g/mol. The lowest BCUT2D eigenvalue weighted by Crippen LogP contribution is -2.48. The van der Waals surface area contributed by atoms with Crippen molar-refractivity contribution >= 4 is 11.6 Å². The number of carbonyl (C=O) groups excluding carboxylic acids is 1. The molecule has 0 spiro atoms. The van der Waals surface area contributed by atoms with E-state index < -0.39 is 0 Å². The highest BCUT2D eigenvalue weighted by molar-refractivity contribution is 5.73. The van der Waals surface area contributed by atoms with Gasteiger partial charge in [0.25, 0.3) is 0 Å². The number of nitrogens with one attached hydrogen (secondary N) is 1. The molecule has 1 saturated carbocycles. The number of piperazine rings is 1. The number of amides is 1. The van der Waals surface area contributed by atoms with Gasteiger partial charge in [0, 0.05) is 45.7 Å². The van der Waals surface area contributed by atoms with Crippen LogP contribution in [0.3, 0.4) is 0 Å². The minimum atomic E-state index is -0.165. The zero-order valence-electron chi connectivity index (χ0n) is 12.4. The van der Waals surface area contributed by atoms with Crippen LogP contribution in [-0.2, 0) is 11.3 Å². The Balaban J connectivity index is 1.61. The van der Waals surface area contributed by atoms with Gasteiger partial charge in [0.05, 0.1) is 5.69 Å². The maximum Gasteiger partial charge on any atom is 0.219 e. The van der Waals surface area contributed by atoms with Crippen LogP contribution in [0, 0.1) is 5.82 Å². The molecule has 2 fully saturated rings. The predicted octanol–water partition coefficient (Wildman–Crippen LogP) is 1.75. The summed E-state index contributed by atoms with van der Waals surface area (Å²) in [4.78, 5) is 15.1. The Morgan fingerprint density at radius 3 is 2.57 bits per heavy atom. The van der Waals surface area contributed by atoms with Crippen LogP contribution in [-0.4, -0.2) is 43.0 Å². The summed E-state index contributed by atoms with van der Waals surface area (Å²) in [5.41, 5.74) is 1.64. The van der Waals surface area contributed by atoms with E-state index in [0.717, 1.165) is 12.1 Å². The van der Waals surface area contributed by atoms with Crippen LogP contribution in [0.15, 0.2) is 18.2 Å². The molecule has 1 aliphatic carbocycles. The Labute approximate surface area is 124 Å². The molecule has 0 unspecified atom stereocenters. The molecule has 1 aromatic carbocycles. The first-order valence-corrected chi connectivity index (χ1v) is 7.66. The number of hydrogen-bond donors (Lipinski definition) is 1. The van der Waals surface area contributed by atoms with E-state index in [1.54, 1.807) is 13.0 Å². The highest BCUT2D eigenvalue weighted by atomic mass is 19.1. The number of halogens is 1. The van der Waals surface area contributed by atoms with Gasteiger partial charge in [0.15, 0.2) is 0 Å². The molecular formula is C16H22FN3O. The summed E-state index contributed by atoms with van der Waals surface area (Å²) in [6.07, 6.45) is 2.47. The van der Waals surface area contributed by atoms with E-state index in [-0.39, 0.29) is 11.7 Å². The standard InChI is InChI=1S/C16H22FN3O/c1-12(21)19-6-8-20(9-7-19)16-5-2-13(10-15(16)17)11-18-14-3-4-14/h2,5,10,14,18H,3-4,6-9,11H2,1H3. The van der Waals surface area contributed by atoms with E-state index in [2.05, 4.69) is 5.32 Å². The number of rotatable bonds is 4. The molecule has 21 heavy (non-hydrogen) atoms. The number of nitrogens with zero attached hydrogens (tertiary/aromatic N) is 2. The van der Waals surface area contributed by atoms with Crippen molar-refractivity contribution in [2.75, 3.05) is 31.1 Å². The van der Waals surface area contributed by atoms with Crippen molar-refractivity contribution in [3.63, 3.8) is 0 Å². The van der Waals surface area contributed by atoms with Crippen LogP contribution < -0.4 is 10.2 Å². The first-order chi connectivity index (χ1) is 10.1. The Hall–Kier alpha value is -1.62. The highest BCUT2D eigenvalue weighted by Crippen LogP contribution is 2.23. The number of benzene rings is 1. The van der Waals surface area contributed by atoms with E-state index >= 15 is 0 Å². The van der Waals surface area contributed by atoms with Crippen molar-refractivity contribution in [2.24, 2.45) is 0 Å². The first-order valence-electron chi connectivity index (χ1n) is 7.66. The minimum Gasteiger partial charge on any atom is -0.366 e. The molecule has 0 bridgehead atoms. The highest BCUT2D eigenvalue weighted by Gasteiger charge is 2.22. The monoisotopic (exact) mass is 291 g/mol. The quantitative estimate of drug-likeness (QED) is 0.918. The molecule has 1 heterocycles. The van der Waals surface area contributed by atoms with Crippen LogP contribution in [0.4, 0.5) is 10.1 Å². The smallest absolute Gasteiger partial charge is 0.219 e. The lowest BCUT2D eigenvalue weighted by Gasteiger charge is -2.35. The molecule has 1 N–H and O–H groups in total. The van der Waals surface area contributed by atoms with E-state index in [1.165, 1.54) is 12.8 Å². The number of anilines is 1. The average Bonchev–Trinajstić information content (AvgIpc) is 3.29. The zero-order valence-corrected chi connectivity index (χ0v) is 12.4. The Morgan fingerprint density at radius 2 is 2.00 bits per heavy atom. The maximum absolute atomic E-state index is 14.3.